The highest BCUT2D eigenvalue weighted by Crippen LogP contribution is 2.27. The van der Waals surface area contributed by atoms with Gasteiger partial charge in [-0.2, -0.15) is 0 Å². The van der Waals surface area contributed by atoms with Crippen LogP contribution in [0.3, 0.4) is 0 Å². The summed E-state index contributed by atoms with van der Waals surface area (Å²) in [5, 5.41) is 18.6. The lowest BCUT2D eigenvalue weighted by molar-refractivity contribution is 0.0933. The molecular formula is C21H21ClFN7O3. The standard InChI is InChI=1S/C21H21ClFN7O3/c1-10(23)12-3-4-13-15(7-12)29-19(28-13)16-8-14(30-33-16)11(2)27-21(32)18-17(22)20(24-5-6-31)26-9-25-18/h3-4,7-11,31H,5-6H2,1-2H3,(H,27,32)(H,28,29)(H,24,25,26)/t10?,11-/m0/s1. The highest BCUT2D eigenvalue weighted by molar-refractivity contribution is 6.35. The van der Waals surface area contributed by atoms with E-state index in [1.165, 1.54) is 13.3 Å². The molecule has 0 saturated heterocycles. The van der Waals surface area contributed by atoms with Gasteiger partial charge < -0.3 is 25.2 Å². The molecular weight excluding hydrogens is 453 g/mol. The summed E-state index contributed by atoms with van der Waals surface area (Å²) in [6, 6.07) is 6.24. The Morgan fingerprint density at radius 2 is 2.12 bits per heavy atom. The van der Waals surface area contributed by atoms with Crippen LogP contribution in [-0.4, -0.2) is 49.3 Å². The fourth-order valence-electron chi connectivity index (χ4n) is 3.16. The number of alkyl halides is 1. The molecule has 4 N–H and O–H groups in total. The minimum absolute atomic E-state index is 0.0159. The van der Waals surface area contributed by atoms with Gasteiger partial charge >= 0.3 is 0 Å². The van der Waals surface area contributed by atoms with Crippen LogP contribution in [0.5, 0.6) is 0 Å². The van der Waals surface area contributed by atoms with Gasteiger partial charge in [-0.1, -0.05) is 22.8 Å². The third-order valence-corrected chi connectivity index (χ3v) is 5.29. The third kappa shape index (κ3) is 4.78. The number of nitrogens with zero attached hydrogens (tertiary/aromatic N) is 4. The van der Waals surface area contributed by atoms with Gasteiger partial charge in [0.15, 0.2) is 11.5 Å². The maximum atomic E-state index is 13.6. The van der Waals surface area contributed by atoms with E-state index in [1.807, 2.05) is 0 Å². The van der Waals surface area contributed by atoms with Crippen molar-refractivity contribution in [3.05, 3.63) is 52.6 Å². The van der Waals surface area contributed by atoms with Crippen LogP contribution in [0, 0.1) is 0 Å². The maximum Gasteiger partial charge on any atom is 0.272 e. The number of hydrogen-bond acceptors (Lipinski definition) is 8. The van der Waals surface area contributed by atoms with Gasteiger partial charge in [0.05, 0.1) is 23.7 Å². The van der Waals surface area contributed by atoms with Gasteiger partial charge in [-0.25, -0.2) is 19.3 Å². The van der Waals surface area contributed by atoms with Crippen molar-refractivity contribution in [1.82, 2.24) is 30.4 Å². The van der Waals surface area contributed by atoms with Crippen LogP contribution in [0.25, 0.3) is 22.6 Å². The molecule has 12 heteroatoms. The van der Waals surface area contributed by atoms with Crippen LogP contribution in [0.4, 0.5) is 10.2 Å². The second-order valence-corrected chi connectivity index (χ2v) is 7.70. The Morgan fingerprint density at radius 3 is 2.88 bits per heavy atom. The number of H-pyrrole nitrogens is 1. The highest BCUT2D eigenvalue weighted by Gasteiger charge is 2.21. The molecule has 4 aromatic rings. The number of benzene rings is 1. The lowest BCUT2D eigenvalue weighted by Crippen LogP contribution is -2.28. The smallest absolute Gasteiger partial charge is 0.272 e. The normalized spacial score (nSPS) is 13.1. The van der Waals surface area contributed by atoms with Crippen LogP contribution in [0.1, 0.15) is 47.8 Å². The summed E-state index contributed by atoms with van der Waals surface area (Å²) in [6.07, 6.45) is 0.114. The molecule has 0 fully saturated rings. The number of halogens is 2. The number of hydrogen-bond donors (Lipinski definition) is 4. The van der Waals surface area contributed by atoms with Crippen molar-refractivity contribution in [2.45, 2.75) is 26.1 Å². The van der Waals surface area contributed by atoms with Crippen LogP contribution in [0.15, 0.2) is 35.1 Å². The number of carbonyl (C=O) groups is 1. The minimum atomic E-state index is -1.09. The van der Waals surface area contributed by atoms with Crippen molar-refractivity contribution in [3.63, 3.8) is 0 Å². The number of carbonyl (C=O) groups excluding carboxylic acids is 1. The molecule has 1 unspecified atom stereocenters. The lowest BCUT2D eigenvalue weighted by atomic mass is 10.1. The van der Waals surface area contributed by atoms with Crippen molar-refractivity contribution >= 4 is 34.4 Å². The van der Waals surface area contributed by atoms with E-state index in [0.717, 1.165) is 0 Å². The molecule has 0 bridgehead atoms. The summed E-state index contributed by atoms with van der Waals surface area (Å²) in [5.74, 6) is 0.526. The van der Waals surface area contributed by atoms with Gasteiger partial charge in [0.25, 0.3) is 5.91 Å². The topological polar surface area (TPSA) is 142 Å². The summed E-state index contributed by atoms with van der Waals surface area (Å²) in [7, 11) is 0. The Balaban J connectivity index is 1.50. The predicted molar refractivity (Wildman–Crippen MR) is 120 cm³/mol. The largest absolute Gasteiger partial charge is 0.395 e. The first-order valence-electron chi connectivity index (χ1n) is 10.1. The average molecular weight is 474 g/mol. The summed E-state index contributed by atoms with van der Waals surface area (Å²) in [6.45, 7) is 3.31. The van der Waals surface area contributed by atoms with Gasteiger partial charge in [0, 0.05) is 12.6 Å². The van der Waals surface area contributed by atoms with Gasteiger partial charge in [-0.3, -0.25) is 4.79 Å². The Labute approximate surface area is 192 Å². The zero-order chi connectivity index (χ0) is 23.5. The van der Waals surface area contributed by atoms with E-state index in [4.69, 9.17) is 21.2 Å². The molecule has 0 aliphatic heterocycles. The van der Waals surface area contributed by atoms with E-state index in [-0.39, 0.29) is 29.7 Å². The Kier molecular flexibility index (Phi) is 6.52. The minimum Gasteiger partial charge on any atom is -0.395 e. The van der Waals surface area contributed by atoms with E-state index in [1.54, 1.807) is 31.2 Å². The first-order valence-corrected chi connectivity index (χ1v) is 10.5. The van der Waals surface area contributed by atoms with Crippen molar-refractivity contribution < 1.29 is 18.8 Å². The molecule has 0 spiro atoms. The maximum absolute atomic E-state index is 13.6. The number of aliphatic hydroxyl groups is 1. The molecule has 4 rings (SSSR count). The Hall–Kier alpha value is -3.57. The molecule has 3 heterocycles. The second-order valence-electron chi connectivity index (χ2n) is 7.32. The van der Waals surface area contributed by atoms with E-state index in [2.05, 4.69) is 35.7 Å². The zero-order valence-electron chi connectivity index (χ0n) is 17.8. The average Bonchev–Trinajstić information content (AvgIpc) is 3.45. The number of fused-ring (bicyclic) bond motifs is 1. The number of imidazole rings is 1. The fourth-order valence-corrected chi connectivity index (χ4v) is 3.41. The molecule has 10 nitrogen and oxygen atoms in total. The molecule has 0 aliphatic rings. The quantitative estimate of drug-likeness (QED) is 0.304. The van der Waals surface area contributed by atoms with Crippen LogP contribution in [-0.2, 0) is 0 Å². The number of amides is 1. The van der Waals surface area contributed by atoms with Gasteiger partial charge in [0.2, 0.25) is 5.76 Å². The number of aromatic nitrogens is 5. The van der Waals surface area contributed by atoms with E-state index in [9.17, 15) is 9.18 Å². The number of aromatic amines is 1. The monoisotopic (exact) mass is 473 g/mol. The van der Waals surface area contributed by atoms with Gasteiger partial charge in [-0.15, -0.1) is 0 Å². The molecule has 172 valence electrons. The van der Waals surface area contributed by atoms with Gasteiger partial charge in [0.1, 0.15) is 29.0 Å². The number of anilines is 1. The molecule has 33 heavy (non-hydrogen) atoms. The summed E-state index contributed by atoms with van der Waals surface area (Å²) in [5.41, 5.74) is 2.33. The second kappa shape index (κ2) is 9.51. The van der Waals surface area contributed by atoms with Crippen molar-refractivity contribution in [1.29, 1.82) is 0 Å². The van der Waals surface area contributed by atoms with Crippen LogP contribution >= 0.6 is 11.6 Å². The third-order valence-electron chi connectivity index (χ3n) is 4.93. The summed E-state index contributed by atoms with van der Waals surface area (Å²) < 4.78 is 19.0. The van der Waals surface area contributed by atoms with Crippen molar-refractivity contribution in [3.8, 4) is 11.6 Å². The first-order chi connectivity index (χ1) is 15.9. The zero-order valence-corrected chi connectivity index (χ0v) is 18.5. The molecule has 1 aromatic carbocycles. The van der Waals surface area contributed by atoms with Crippen LogP contribution in [0.2, 0.25) is 5.02 Å². The molecule has 3 aromatic heterocycles. The first kappa shape index (κ1) is 22.6. The number of nitrogens with one attached hydrogen (secondary N) is 3. The SMILES string of the molecule is CC(F)c1ccc2nc(-c3cc([C@H](C)NC(=O)c4ncnc(NCCO)c4Cl)no3)[nH]c2c1. The lowest BCUT2D eigenvalue weighted by Gasteiger charge is -2.12. The number of rotatable bonds is 8. The molecule has 0 aliphatic carbocycles. The Morgan fingerprint density at radius 1 is 1.30 bits per heavy atom. The summed E-state index contributed by atoms with van der Waals surface area (Å²) in [4.78, 5) is 28.1. The summed E-state index contributed by atoms with van der Waals surface area (Å²) >= 11 is 6.22. The number of aliphatic hydroxyl groups excluding tert-OH is 1. The van der Waals surface area contributed by atoms with Gasteiger partial charge in [-0.05, 0) is 31.5 Å². The van der Waals surface area contributed by atoms with Crippen molar-refractivity contribution in [2.75, 3.05) is 18.5 Å². The predicted octanol–water partition coefficient (Wildman–Crippen LogP) is 3.59. The molecule has 0 radical (unpaired) electrons. The molecule has 2 atom stereocenters. The molecule has 1 amide bonds. The van der Waals surface area contributed by atoms with E-state index >= 15 is 0 Å². The van der Waals surface area contributed by atoms with Crippen LogP contribution < -0.4 is 10.6 Å². The van der Waals surface area contributed by atoms with Crippen molar-refractivity contribution in [2.24, 2.45) is 0 Å². The fraction of sp³-hybridized carbons (Fsp3) is 0.286. The molecule has 0 saturated carbocycles. The van der Waals surface area contributed by atoms with E-state index < -0.39 is 18.1 Å². The highest BCUT2D eigenvalue weighted by atomic mass is 35.5. The van der Waals surface area contributed by atoms with E-state index in [0.29, 0.717) is 33.9 Å². The Bertz CT molecular complexity index is 1290.